The normalized spacial score (nSPS) is 11.6. The summed E-state index contributed by atoms with van der Waals surface area (Å²) in [6.45, 7) is 0. The molecule has 0 aliphatic heterocycles. The first-order valence-electron chi connectivity index (χ1n) is 6.12. The van der Waals surface area contributed by atoms with E-state index in [0.717, 1.165) is 18.2 Å². The highest BCUT2D eigenvalue weighted by atomic mass is 35.5. The summed E-state index contributed by atoms with van der Waals surface area (Å²) in [6, 6.07) is 6.71. The number of carbonyl (C=O) groups is 1. The van der Waals surface area contributed by atoms with Gasteiger partial charge in [-0.05, 0) is 35.9 Å². The van der Waals surface area contributed by atoms with Gasteiger partial charge in [-0.2, -0.15) is 13.2 Å². The van der Waals surface area contributed by atoms with E-state index in [9.17, 15) is 18.0 Å². The van der Waals surface area contributed by atoms with E-state index in [-0.39, 0.29) is 10.6 Å². The molecule has 0 spiro atoms. The zero-order chi connectivity index (χ0) is 16.2. The summed E-state index contributed by atoms with van der Waals surface area (Å²) < 4.78 is 38.2. The average Bonchev–Trinajstić information content (AvgIpc) is 2.46. The molecule has 1 aromatic heterocycles. The second-order valence-electron chi connectivity index (χ2n) is 4.30. The molecule has 0 bridgehead atoms. The predicted octanol–water partition coefficient (Wildman–Crippen LogP) is 4.41. The van der Waals surface area contributed by atoms with Crippen LogP contribution in [0.2, 0.25) is 5.02 Å². The Bertz CT molecular complexity index is 700. The van der Waals surface area contributed by atoms with Crippen LogP contribution >= 0.6 is 11.6 Å². The minimum atomic E-state index is -4.54. The smallest absolute Gasteiger partial charge is 0.321 e. The van der Waals surface area contributed by atoms with Crippen molar-refractivity contribution in [1.29, 1.82) is 0 Å². The zero-order valence-electron chi connectivity index (χ0n) is 11.1. The Labute approximate surface area is 129 Å². The molecule has 2 rings (SSSR count). The highest BCUT2D eigenvalue weighted by Gasteiger charge is 2.33. The molecule has 1 amide bonds. The molecule has 0 aliphatic carbocycles. The fraction of sp³-hybridized carbons (Fsp3) is 0.0667. The first kappa shape index (κ1) is 16.0. The molecule has 0 unspecified atom stereocenters. The highest BCUT2D eigenvalue weighted by molar-refractivity contribution is 6.31. The quantitative estimate of drug-likeness (QED) is 0.849. The summed E-state index contributed by atoms with van der Waals surface area (Å²) in [7, 11) is 0. The molecule has 2 aromatic rings. The van der Waals surface area contributed by atoms with E-state index in [0.29, 0.717) is 5.69 Å². The summed E-state index contributed by atoms with van der Waals surface area (Å²) in [6.07, 6.45) is 0.875. The lowest BCUT2D eigenvalue weighted by Gasteiger charge is -2.09. The Hall–Kier alpha value is -2.34. The third-order valence-electron chi connectivity index (χ3n) is 2.65. The average molecular weight is 327 g/mol. The summed E-state index contributed by atoms with van der Waals surface area (Å²) in [5, 5.41) is 2.15. The first-order chi connectivity index (χ1) is 10.4. The molecule has 1 aromatic carbocycles. The molecular weight excluding hydrogens is 317 g/mol. The van der Waals surface area contributed by atoms with Crippen LogP contribution in [0.3, 0.4) is 0 Å². The van der Waals surface area contributed by atoms with E-state index < -0.39 is 17.6 Å². The van der Waals surface area contributed by atoms with Gasteiger partial charge < -0.3 is 5.32 Å². The molecule has 114 valence electrons. The highest BCUT2D eigenvalue weighted by Crippen LogP contribution is 2.35. The van der Waals surface area contributed by atoms with Crippen molar-refractivity contribution in [1.82, 2.24) is 4.98 Å². The van der Waals surface area contributed by atoms with Gasteiger partial charge in [-0.15, -0.1) is 0 Å². The van der Waals surface area contributed by atoms with Crippen LogP contribution in [-0.4, -0.2) is 10.9 Å². The van der Waals surface area contributed by atoms with Gasteiger partial charge in [-0.1, -0.05) is 17.7 Å². The predicted molar refractivity (Wildman–Crippen MR) is 78.4 cm³/mol. The van der Waals surface area contributed by atoms with Gasteiger partial charge in [-0.25, -0.2) is 0 Å². The van der Waals surface area contributed by atoms with Crippen molar-refractivity contribution in [3.8, 4) is 0 Å². The fourth-order valence-corrected chi connectivity index (χ4v) is 1.88. The lowest BCUT2D eigenvalue weighted by molar-refractivity contribution is -0.137. The molecule has 22 heavy (non-hydrogen) atoms. The zero-order valence-corrected chi connectivity index (χ0v) is 11.8. The fourth-order valence-electron chi connectivity index (χ4n) is 1.66. The Kier molecular flexibility index (Phi) is 4.82. The standard InChI is InChI=1S/C15H10ClF3N2O/c16-13-5-3-10(8-12(13)15(17,18)19)4-6-14(22)21-11-2-1-7-20-9-11/h1-9H,(H,21,22). The summed E-state index contributed by atoms with van der Waals surface area (Å²) in [5.74, 6) is -0.475. The van der Waals surface area contributed by atoms with E-state index in [4.69, 9.17) is 11.6 Å². The molecule has 0 atom stereocenters. The topological polar surface area (TPSA) is 42.0 Å². The number of hydrogen-bond donors (Lipinski definition) is 1. The number of carbonyl (C=O) groups excluding carboxylic acids is 1. The van der Waals surface area contributed by atoms with E-state index in [1.807, 2.05) is 0 Å². The third kappa shape index (κ3) is 4.33. The molecule has 7 heteroatoms. The Morgan fingerprint density at radius 2 is 2.05 bits per heavy atom. The second kappa shape index (κ2) is 6.62. The first-order valence-corrected chi connectivity index (χ1v) is 6.50. The van der Waals surface area contributed by atoms with Crippen LogP contribution in [0.4, 0.5) is 18.9 Å². The molecule has 0 saturated heterocycles. The van der Waals surface area contributed by atoms with Crippen LogP contribution in [0.25, 0.3) is 6.08 Å². The number of nitrogens with one attached hydrogen (secondary N) is 1. The molecule has 1 heterocycles. The van der Waals surface area contributed by atoms with Crippen molar-refractivity contribution >= 4 is 29.3 Å². The van der Waals surface area contributed by atoms with Crippen molar-refractivity contribution in [2.75, 3.05) is 5.32 Å². The number of benzene rings is 1. The number of nitrogens with zero attached hydrogens (tertiary/aromatic N) is 1. The number of amides is 1. The number of alkyl halides is 3. The van der Waals surface area contributed by atoms with E-state index in [1.165, 1.54) is 18.3 Å². The SMILES string of the molecule is O=C(C=Cc1ccc(Cl)c(C(F)(F)F)c1)Nc1cccnc1. The lowest BCUT2D eigenvalue weighted by Crippen LogP contribution is -2.08. The van der Waals surface area contributed by atoms with Gasteiger partial charge in [0.15, 0.2) is 0 Å². The van der Waals surface area contributed by atoms with Gasteiger partial charge in [0.05, 0.1) is 22.5 Å². The van der Waals surface area contributed by atoms with Crippen molar-refractivity contribution < 1.29 is 18.0 Å². The summed E-state index contributed by atoms with van der Waals surface area (Å²) >= 11 is 5.52. The summed E-state index contributed by atoms with van der Waals surface area (Å²) in [4.78, 5) is 15.5. The number of anilines is 1. The minimum absolute atomic E-state index is 0.220. The molecule has 3 nitrogen and oxygen atoms in total. The van der Waals surface area contributed by atoms with E-state index in [1.54, 1.807) is 18.3 Å². The van der Waals surface area contributed by atoms with Gasteiger partial charge in [-0.3, -0.25) is 9.78 Å². The number of halogens is 4. The molecule has 0 aliphatic rings. The number of pyridine rings is 1. The number of aromatic nitrogens is 1. The van der Waals surface area contributed by atoms with E-state index >= 15 is 0 Å². The lowest BCUT2D eigenvalue weighted by atomic mass is 10.1. The van der Waals surface area contributed by atoms with Crippen LogP contribution < -0.4 is 5.32 Å². The van der Waals surface area contributed by atoms with Crippen LogP contribution in [-0.2, 0) is 11.0 Å². The minimum Gasteiger partial charge on any atom is -0.321 e. The van der Waals surface area contributed by atoms with Crippen LogP contribution in [0.15, 0.2) is 48.8 Å². The Morgan fingerprint density at radius 1 is 1.27 bits per heavy atom. The summed E-state index contributed by atoms with van der Waals surface area (Å²) in [5.41, 5.74) is -0.230. The monoisotopic (exact) mass is 326 g/mol. The van der Waals surface area contributed by atoms with Crippen molar-refractivity contribution in [2.24, 2.45) is 0 Å². The van der Waals surface area contributed by atoms with Crippen molar-refractivity contribution in [3.05, 3.63) is 65.0 Å². The van der Waals surface area contributed by atoms with Crippen LogP contribution in [0.5, 0.6) is 0 Å². The van der Waals surface area contributed by atoms with Gasteiger partial charge in [0.2, 0.25) is 5.91 Å². The maximum absolute atomic E-state index is 12.7. The van der Waals surface area contributed by atoms with Gasteiger partial charge >= 0.3 is 6.18 Å². The molecule has 0 fully saturated rings. The molecule has 0 saturated carbocycles. The maximum atomic E-state index is 12.7. The number of hydrogen-bond acceptors (Lipinski definition) is 2. The van der Waals surface area contributed by atoms with Crippen LogP contribution in [0.1, 0.15) is 11.1 Å². The third-order valence-corrected chi connectivity index (χ3v) is 2.98. The largest absolute Gasteiger partial charge is 0.417 e. The number of rotatable bonds is 3. The van der Waals surface area contributed by atoms with E-state index in [2.05, 4.69) is 10.3 Å². The maximum Gasteiger partial charge on any atom is 0.417 e. The van der Waals surface area contributed by atoms with Gasteiger partial charge in [0, 0.05) is 12.3 Å². The Balaban J connectivity index is 2.12. The molecular formula is C15H10ClF3N2O. The van der Waals surface area contributed by atoms with Gasteiger partial charge in [0.25, 0.3) is 0 Å². The van der Waals surface area contributed by atoms with Crippen LogP contribution in [0, 0.1) is 0 Å². The van der Waals surface area contributed by atoms with Gasteiger partial charge in [0.1, 0.15) is 0 Å². The molecule has 1 N–H and O–H groups in total. The van der Waals surface area contributed by atoms with Crippen molar-refractivity contribution in [3.63, 3.8) is 0 Å². The second-order valence-corrected chi connectivity index (χ2v) is 4.71. The Morgan fingerprint density at radius 3 is 2.68 bits per heavy atom. The van der Waals surface area contributed by atoms with Crippen molar-refractivity contribution in [2.45, 2.75) is 6.18 Å². The molecule has 0 radical (unpaired) electrons.